The van der Waals surface area contributed by atoms with Gasteiger partial charge in [0.15, 0.2) is 5.78 Å². The maximum absolute atomic E-state index is 11.9. The Morgan fingerprint density at radius 3 is 2.71 bits per heavy atom. The summed E-state index contributed by atoms with van der Waals surface area (Å²) < 4.78 is 0. The van der Waals surface area contributed by atoms with Crippen LogP contribution in [0.2, 0.25) is 0 Å². The van der Waals surface area contributed by atoms with Crippen LogP contribution in [0.5, 0.6) is 0 Å². The lowest BCUT2D eigenvalue weighted by molar-refractivity contribution is -0.121. The van der Waals surface area contributed by atoms with E-state index in [4.69, 9.17) is 0 Å². The first-order chi connectivity index (χ1) is 8.22. The number of nitrogens with zero attached hydrogens (tertiary/aromatic N) is 1. The maximum atomic E-state index is 11.9. The highest BCUT2D eigenvalue weighted by atomic mass is 16.1. The number of hydrogen-bond donors (Lipinski definition) is 0. The first-order valence-corrected chi connectivity index (χ1v) is 6.53. The minimum atomic E-state index is 0.139. The standard InChI is InChI=1S/C15H21NO/c1-3-12(2)15-14(17)9-10-16(15)11-13-7-5-4-6-8-13/h4-8,12,15H,3,9-11H2,1-2H3. The van der Waals surface area contributed by atoms with E-state index in [0.717, 1.165) is 25.9 Å². The molecule has 92 valence electrons. The van der Waals surface area contributed by atoms with Crippen LogP contribution in [0.15, 0.2) is 30.3 Å². The Balaban J connectivity index is 2.07. The summed E-state index contributed by atoms with van der Waals surface area (Å²) in [4.78, 5) is 14.3. The van der Waals surface area contributed by atoms with Gasteiger partial charge >= 0.3 is 0 Å². The third-order valence-electron chi connectivity index (χ3n) is 3.78. The fraction of sp³-hybridized carbons (Fsp3) is 0.533. The molecule has 0 aromatic heterocycles. The zero-order chi connectivity index (χ0) is 12.3. The molecule has 1 aliphatic rings. The average Bonchev–Trinajstić information content (AvgIpc) is 2.71. The molecule has 0 amide bonds. The zero-order valence-electron chi connectivity index (χ0n) is 10.7. The van der Waals surface area contributed by atoms with E-state index in [0.29, 0.717) is 11.7 Å². The molecule has 17 heavy (non-hydrogen) atoms. The van der Waals surface area contributed by atoms with Crippen molar-refractivity contribution >= 4 is 5.78 Å². The fourth-order valence-electron chi connectivity index (χ4n) is 2.64. The number of rotatable bonds is 4. The van der Waals surface area contributed by atoms with Crippen LogP contribution in [0.4, 0.5) is 0 Å². The third-order valence-corrected chi connectivity index (χ3v) is 3.78. The summed E-state index contributed by atoms with van der Waals surface area (Å²) >= 11 is 0. The molecule has 0 saturated carbocycles. The smallest absolute Gasteiger partial charge is 0.151 e. The molecule has 2 atom stereocenters. The van der Waals surface area contributed by atoms with Crippen LogP contribution in [0.3, 0.4) is 0 Å². The molecule has 0 N–H and O–H groups in total. The van der Waals surface area contributed by atoms with Gasteiger partial charge in [0.25, 0.3) is 0 Å². The molecular weight excluding hydrogens is 210 g/mol. The van der Waals surface area contributed by atoms with Crippen molar-refractivity contribution in [3.05, 3.63) is 35.9 Å². The molecule has 0 spiro atoms. The lowest BCUT2D eigenvalue weighted by Gasteiger charge is -2.27. The molecule has 1 aromatic rings. The molecule has 2 heteroatoms. The molecule has 1 saturated heterocycles. The molecule has 0 bridgehead atoms. The quantitative estimate of drug-likeness (QED) is 0.794. The van der Waals surface area contributed by atoms with Gasteiger partial charge in [0.05, 0.1) is 6.04 Å². The van der Waals surface area contributed by atoms with Crippen molar-refractivity contribution in [3.8, 4) is 0 Å². The van der Waals surface area contributed by atoms with E-state index < -0.39 is 0 Å². The Morgan fingerprint density at radius 2 is 2.06 bits per heavy atom. The van der Waals surface area contributed by atoms with E-state index in [2.05, 4.69) is 43.0 Å². The number of carbonyl (C=O) groups is 1. The van der Waals surface area contributed by atoms with Gasteiger partial charge in [-0.3, -0.25) is 9.69 Å². The van der Waals surface area contributed by atoms with Crippen molar-refractivity contribution in [1.82, 2.24) is 4.90 Å². The van der Waals surface area contributed by atoms with E-state index >= 15 is 0 Å². The number of ketones is 1. The molecule has 1 aromatic carbocycles. The molecule has 1 fully saturated rings. The minimum Gasteiger partial charge on any atom is -0.298 e. The van der Waals surface area contributed by atoms with Crippen LogP contribution >= 0.6 is 0 Å². The molecule has 2 nitrogen and oxygen atoms in total. The lowest BCUT2D eigenvalue weighted by Crippen LogP contribution is -2.37. The summed E-state index contributed by atoms with van der Waals surface area (Å²) in [5.74, 6) is 0.893. The lowest BCUT2D eigenvalue weighted by atomic mass is 9.96. The predicted molar refractivity (Wildman–Crippen MR) is 69.7 cm³/mol. The van der Waals surface area contributed by atoms with Crippen molar-refractivity contribution in [2.45, 2.75) is 39.3 Å². The van der Waals surface area contributed by atoms with Crippen LogP contribution < -0.4 is 0 Å². The van der Waals surface area contributed by atoms with Crippen molar-refractivity contribution in [2.75, 3.05) is 6.54 Å². The summed E-state index contributed by atoms with van der Waals surface area (Å²) in [5.41, 5.74) is 1.30. The van der Waals surface area contributed by atoms with Crippen LogP contribution in [0.1, 0.15) is 32.3 Å². The maximum Gasteiger partial charge on any atom is 0.151 e. The average molecular weight is 231 g/mol. The first-order valence-electron chi connectivity index (χ1n) is 6.53. The van der Waals surface area contributed by atoms with Crippen molar-refractivity contribution in [3.63, 3.8) is 0 Å². The number of carbonyl (C=O) groups excluding carboxylic acids is 1. The van der Waals surface area contributed by atoms with E-state index in [1.54, 1.807) is 0 Å². The number of benzene rings is 1. The zero-order valence-corrected chi connectivity index (χ0v) is 10.7. The van der Waals surface area contributed by atoms with Gasteiger partial charge in [-0.25, -0.2) is 0 Å². The second kappa shape index (κ2) is 5.46. The van der Waals surface area contributed by atoms with Crippen molar-refractivity contribution < 1.29 is 4.79 Å². The van der Waals surface area contributed by atoms with E-state index in [1.165, 1.54) is 5.56 Å². The highest BCUT2D eigenvalue weighted by Gasteiger charge is 2.35. The largest absolute Gasteiger partial charge is 0.298 e. The van der Waals surface area contributed by atoms with Gasteiger partial charge in [-0.2, -0.15) is 0 Å². The first kappa shape index (κ1) is 12.3. The van der Waals surface area contributed by atoms with E-state index in [-0.39, 0.29) is 6.04 Å². The van der Waals surface area contributed by atoms with Gasteiger partial charge in [-0.05, 0) is 11.5 Å². The third kappa shape index (κ3) is 2.75. The summed E-state index contributed by atoms with van der Waals surface area (Å²) in [6.45, 7) is 6.17. The normalized spacial score (nSPS) is 22.9. The number of Topliss-reactive ketones (excluding diaryl/α,β-unsaturated/α-hetero) is 1. The van der Waals surface area contributed by atoms with Gasteiger partial charge < -0.3 is 0 Å². The Bertz CT molecular complexity index is 374. The SMILES string of the molecule is CCC(C)C1C(=O)CCN1Cc1ccccc1. The van der Waals surface area contributed by atoms with E-state index in [9.17, 15) is 4.79 Å². The monoisotopic (exact) mass is 231 g/mol. The Labute approximate surface area is 104 Å². The van der Waals surface area contributed by atoms with Gasteiger partial charge in [-0.1, -0.05) is 50.6 Å². The van der Waals surface area contributed by atoms with Gasteiger partial charge in [0, 0.05) is 19.5 Å². The van der Waals surface area contributed by atoms with Crippen molar-refractivity contribution in [2.24, 2.45) is 5.92 Å². The van der Waals surface area contributed by atoms with Gasteiger partial charge in [0.2, 0.25) is 0 Å². The molecule has 0 aliphatic carbocycles. The van der Waals surface area contributed by atoms with E-state index in [1.807, 2.05) is 6.07 Å². The van der Waals surface area contributed by atoms with Crippen LogP contribution in [-0.2, 0) is 11.3 Å². The van der Waals surface area contributed by atoms with Crippen molar-refractivity contribution in [1.29, 1.82) is 0 Å². The molecule has 2 unspecified atom stereocenters. The molecule has 1 aliphatic heterocycles. The molecule has 1 heterocycles. The second-order valence-corrected chi connectivity index (χ2v) is 5.00. The predicted octanol–water partition coefficient (Wildman–Crippen LogP) is 2.88. The number of likely N-dealkylation sites (tertiary alicyclic amines) is 1. The van der Waals surface area contributed by atoms with Gasteiger partial charge in [0.1, 0.15) is 0 Å². The van der Waals surface area contributed by atoms with Crippen LogP contribution in [0, 0.1) is 5.92 Å². The number of hydrogen-bond acceptors (Lipinski definition) is 2. The molecule has 0 radical (unpaired) electrons. The highest BCUT2D eigenvalue weighted by molar-refractivity contribution is 5.86. The van der Waals surface area contributed by atoms with Gasteiger partial charge in [-0.15, -0.1) is 0 Å². The topological polar surface area (TPSA) is 20.3 Å². The van der Waals surface area contributed by atoms with Crippen LogP contribution in [-0.4, -0.2) is 23.3 Å². The Morgan fingerprint density at radius 1 is 1.35 bits per heavy atom. The molecule has 2 rings (SSSR count). The summed E-state index contributed by atoms with van der Waals surface area (Å²) in [7, 11) is 0. The summed E-state index contributed by atoms with van der Waals surface area (Å²) in [6, 6.07) is 10.6. The molecular formula is C15H21NO. The fourth-order valence-corrected chi connectivity index (χ4v) is 2.64. The van der Waals surface area contributed by atoms with Crippen LogP contribution in [0.25, 0.3) is 0 Å². The Hall–Kier alpha value is -1.15. The minimum absolute atomic E-state index is 0.139. The Kier molecular flexibility index (Phi) is 3.95. The second-order valence-electron chi connectivity index (χ2n) is 5.00. The summed E-state index contributed by atoms with van der Waals surface area (Å²) in [6.07, 6.45) is 1.80. The summed E-state index contributed by atoms with van der Waals surface area (Å²) in [5, 5.41) is 0. The highest BCUT2D eigenvalue weighted by Crippen LogP contribution is 2.24.